The smallest absolute Gasteiger partial charge is 0.242 e. The van der Waals surface area contributed by atoms with E-state index in [1.807, 2.05) is 6.92 Å². The van der Waals surface area contributed by atoms with Crippen LogP contribution in [0.4, 0.5) is 5.69 Å². The molecule has 0 radical (unpaired) electrons. The minimum Gasteiger partial charge on any atom is -0.354 e. The Bertz CT molecular complexity index is 1190. The molecular formula is C24H29Cl4N3O4S. The molecule has 36 heavy (non-hydrogen) atoms. The van der Waals surface area contributed by atoms with Crippen LogP contribution in [0.5, 0.6) is 0 Å². The van der Waals surface area contributed by atoms with Crippen molar-refractivity contribution in [3.8, 4) is 0 Å². The summed E-state index contributed by atoms with van der Waals surface area (Å²) in [4.78, 5) is 27.4. The Hall–Kier alpha value is -1.71. The zero-order valence-electron chi connectivity index (χ0n) is 20.2. The first-order valence-corrected chi connectivity index (χ1v) is 14.6. The van der Waals surface area contributed by atoms with Crippen molar-refractivity contribution in [2.24, 2.45) is 0 Å². The van der Waals surface area contributed by atoms with E-state index in [4.69, 9.17) is 46.4 Å². The van der Waals surface area contributed by atoms with Crippen LogP contribution in [0.1, 0.15) is 38.7 Å². The molecule has 2 rings (SSSR count). The molecule has 0 aliphatic heterocycles. The number of hydrogen-bond donors (Lipinski definition) is 1. The summed E-state index contributed by atoms with van der Waals surface area (Å²) >= 11 is 24.6. The second-order valence-electron chi connectivity index (χ2n) is 8.26. The predicted octanol–water partition coefficient (Wildman–Crippen LogP) is 5.79. The van der Waals surface area contributed by atoms with Crippen LogP contribution >= 0.6 is 46.4 Å². The summed E-state index contributed by atoms with van der Waals surface area (Å²) in [5.41, 5.74) is 0.865. The van der Waals surface area contributed by atoms with E-state index in [0.717, 1.165) is 17.0 Å². The molecule has 0 unspecified atom stereocenters. The standard InChI is InChI=1S/C24H29Cl4N3O4S/c1-4-11-29-24(33)16(2)30(15-17-7-8-18(25)13-21(17)28)23(32)6-5-12-31(36(3,34)35)22-14-19(26)9-10-20(22)27/h7-10,13-14,16H,4-6,11-12,15H2,1-3H3,(H,29,33)/t16-/m0/s1. The predicted molar refractivity (Wildman–Crippen MR) is 148 cm³/mol. The summed E-state index contributed by atoms with van der Waals surface area (Å²) < 4.78 is 26.0. The fourth-order valence-electron chi connectivity index (χ4n) is 3.47. The first-order valence-electron chi connectivity index (χ1n) is 11.3. The Morgan fingerprint density at radius 1 is 1.00 bits per heavy atom. The molecule has 2 amide bonds. The fourth-order valence-corrected chi connectivity index (χ4v) is 5.34. The quantitative estimate of drug-likeness (QED) is 0.336. The number of benzene rings is 2. The van der Waals surface area contributed by atoms with Gasteiger partial charge >= 0.3 is 0 Å². The minimum atomic E-state index is -3.70. The third-order valence-corrected chi connectivity index (χ3v) is 7.72. The topological polar surface area (TPSA) is 86.8 Å². The van der Waals surface area contributed by atoms with Gasteiger partial charge in [0.2, 0.25) is 21.8 Å². The Kier molecular flexibility index (Phi) is 11.6. The normalized spacial score (nSPS) is 12.2. The number of halogens is 4. The largest absolute Gasteiger partial charge is 0.354 e. The van der Waals surface area contributed by atoms with Gasteiger partial charge < -0.3 is 10.2 Å². The van der Waals surface area contributed by atoms with Gasteiger partial charge in [0.15, 0.2) is 0 Å². The van der Waals surface area contributed by atoms with E-state index < -0.39 is 16.1 Å². The number of anilines is 1. The van der Waals surface area contributed by atoms with Crippen LogP contribution in [0.15, 0.2) is 36.4 Å². The van der Waals surface area contributed by atoms with Crippen molar-refractivity contribution in [2.45, 2.75) is 45.7 Å². The molecule has 0 spiro atoms. The summed E-state index contributed by atoms with van der Waals surface area (Å²) in [7, 11) is -3.70. The summed E-state index contributed by atoms with van der Waals surface area (Å²) in [6, 6.07) is 8.69. The maximum Gasteiger partial charge on any atom is 0.242 e. The summed E-state index contributed by atoms with van der Waals surface area (Å²) in [5, 5.41) is 4.18. The van der Waals surface area contributed by atoms with E-state index in [2.05, 4.69) is 5.32 Å². The van der Waals surface area contributed by atoms with Crippen molar-refractivity contribution in [3.05, 3.63) is 62.1 Å². The van der Waals surface area contributed by atoms with Crippen molar-refractivity contribution in [2.75, 3.05) is 23.7 Å². The van der Waals surface area contributed by atoms with Crippen LogP contribution in [-0.2, 0) is 26.2 Å². The molecule has 1 atom stereocenters. The highest BCUT2D eigenvalue weighted by atomic mass is 35.5. The minimum absolute atomic E-state index is 0.00338. The highest BCUT2D eigenvalue weighted by Gasteiger charge is 2.27. The molecule has 0 bridgehead atoms. The Labute approximate surface area is 232 Å². The number of sulfonamides is 1. The summed E-state index contributed by atoms with van der Waals surface area (Å²) in [6.07, 6.45) is 1.98. The lowest BCUT2D eigenvalue weighted by Gasteiger charge is -2.30. The van der Waals surface area contributed by atoms with Gasteiger partial charge in [-0.1, -0.05) is 59.4 Å². The van der Waals surface area contributed by atoms with E-state index in [9.17, 15) is 18.0 Å². The van der Waals surface area contributed by atoms with Crippen LogP contribution in [0.3, 0.4) is 0 Å². The second-order valence-corrected chi connectivity index (χ2v) is 11.9. The molecule has 7 nitrogen and oxygen atoms in total. The molecular weight excluding hydrogens is 568 g/mol. The number of nitrogens with zero attached hydrogens (tertiary/aromatic N) is 2. The van der Waals surface area contributed by atoms with Crippen LogP contribution in [0, 0.1) is 0 Å². The lowest BCUT2D eigenvalue weighted by molar-refractivity contribution is -0.140. The molecule has 0 aromatic heterocycles. The number of nitrogens with one attached hydrogen (secondary N) is 1. The van der Waals surface area contributed by atoms with Gasteiger partial charge in [0.1, 0.15) is 6.04 Å². The molecule has 2 aromatic rings. The first kappa shape index (κ1) is 30.5. The van der Waals surface area contributed by atoms with Crippen molar-refractivity contribution in [1.82, 2.24) is 10.2 Å². The summed E-state index contributed by atoms with van der Waals surface area (Å²) in [6.45, 7) is 4.14. The van der Waals surface area contributed by atoms with E-state index >= 15 is 0 Å². The van der Waals surface area contributed by atoms with E-state index in [0.29, 0.717) is 27.2 Å². The monoisotopic (exact) mass is 595 g/mol. The Morgan fingerprint density at radius 3 is 2.25 bits per heavy atom. The zero-order valence-corrected chi connectivity index (χ0v) is 24.1. The van der Waals surface area contributed by atoms with Crippen molar-refractivity contribution < 1.29 is 18.0 Å². The van der Waals surface area contributed by atoms with E-state index in [-0.39, 0.29) is 48.5 Å². The molecule has 1 N–H and O–H groups in total. The molecule has 0 saturated heterocycles. The lowest BCUT2D eigenvalue weighted by Crippen LogP contribution is -2.48. The average molecular weight is 597 g/mol. The number of carbonyl (C=O) groups excluding carboxylic acids is 2. The van der Waals surface area contributed by atoms with Crippen LogP contribution in [0.25, 0.3) is 0 Å². The first-order chi connectivity index (χ1) is 16.8. The number of carbonyl (C=O) groups is 2. The van der Waals surface area contributed by atoms with Crippen LogP contribution < -0.4 is 9.62 Å². The molecule has 2 aromatic carbocycles. The van der Waals surface area contributed by atoms with Gasteiger partial charge in [-0.05, 0) is 55.7 Å². The van der Waals surface area contributed by atoms with Gasteiger partial charge in [-0.25, -0.2) is 8.42 Å². The molecule has 0 aliphatic rings. The highest BCUT2D eigenvalue weighted by Crippen LogP contribution is 2.31. The zero-order chi connectivity index (χ0) is 27.0. The van der Waals surface area contributed by atoms with Crippen LogP contribution in [-0.4, -0.2) is 50.5 Å². The Balaban J connectivity index is 2.22. The van der Waals surface area contributed by atoms with Gasteiger partial charge in [-0.2, -0.15) is 0 Å². The van der Waals surface area contributed by atoms with Gasteiger partial charge in [0.05, 0.1) is 17.0 Å². The van der Waals surface area contributed by atoms with Crippen molar-refractivity contribution >= 4 is 73.9 Å². The molecule has 0 fully saturated rings. The van der Waals surface area contributed by atoms with E-state index in [1.165, 1.54) is 17.0 Å². The third-order valence-electron chi connectivity index (χ3n) is 5.40. The maximum atomic E-state index is 13.3. The SMILES string of the molecule is CCCNC(=O)[C@H](C)N(Cc1ccc(Cl)cc1Cl)C(=O)CCCN(c1cc(Cl)ccc1Cl)S(C)(=O)=O. The lowest BCUT2D eigenvalue weighted by atomic mass is 10.1. The maximum absolute atomic E-state index is 13.3. The number of amides is 2. The molecule has 198 valence electrons. The highest BCUT2D eigenvalue weighted by molar-refractivity contribution is 7.92. The van der Waals surface area contributed by atoms with Gasteiger partial charge in [-0.15, -0.1) is 0 Å². The molecule has 12 heteroatoms. The number of rotatable bonds is 12. The van der Waals surface area contributed by atoms with Crippen molar-refractivity contribution in [1.29, 1.82) is 0 Å². The third kappa shape index (κ3) is 8.70. The molecule has 0 saturated carbocycles. The van der Waals surface area contributed by atoms with Crippen molar-refractivity contribution in [3.63, 3.8) is 0 Å². The number of hydrogen-bond acceptors (Lipinski definition) is 4. The summed E-state index contributed by atoms with van der Waals surface area (Å²) in [5.74, 6) is -0.621. The average Bonchev–Trinajstić information content (AvgIpc) is 2.80. The second kappa shape index (κ2) is 13.7. The van der Waals surface area contributed by atoms with Gasteiger partial charge in [0, 0.05) is 41.1 Å². The Morgan fingerprint density at radius 2 is 1.64 bits per heavy atom. The van der Waals surface area contributed by atoms with E-state index in [1.54, 1.807) is 31.2 Å². The van der Waals surface area contributed by atoms with Gasteiger partial charge in [0.25, 0.3) is 0 Å². The van der Waals surface area contributed by atoms with Gasteiger partial charge in [-0.3, -0.25) is 13.9 Å². The molecule has 0 heterocycles. The molecule has 0 aliphatic carbocycles. The van der Waals surface area contributed by atoms with Crippen LogP contribution in [0.2, 0.25) is 20.1 Å². The fraction of sp³-hybridized carbons (Fsp3) is 0.417.